The van der Waals surface area contributed by atoms with Gasteiger partial charge in [0.15, 0.2) is 5.96 Å². The maximum absolute atomic E-state index is 13.0. The van der Waals surface area contributed by atoms with E-state index in [4.69, 9.17) is 17.2 Å². The van der Waals surface area contributed by atoms with Gasteiger partial charge >= 0.3 is 5.69 Å². The number of aromatic nitrogens is 3. The molecule has 0 spiro atoms. The van der Waals surface area contributed by atoms with Crippen LogP contribution in [0.4, 0.5) is 0 Å². The van der Waals surface area contributed by atoms with E-state index in [1.165, 1.54) is 30.4 Å². The van der Waals surface area contributed by atoms with Gasteiger partial charge in [-0.25, -0.2) is 4.79 Å². The van der Waals surface area contributed by atoms with Crippen molar-refractivity contribution in [1.29, 1.82) is 0 Å². The fourth-order valence-electron chi connectivity index (χ4n) is 5.22. The van der Waals surface area contributed by atoms with Gasteiger partial charge in [0.2, 0.25) is 0 Å². The van der Waals surface area contributed by atoms with Gasteiger partial charge in [-0.3, -0.25) is 9.56 Å². The van der Waals surface area contributed by atoms with Gasteiger partial charge in [-0.2, -0.15) is 4.98 Å². The highest BCUT2D eigenvalue weighted by atomic mass is 16.1. The molecule has 5 rings (SSSR count). The van der Waals surface area contributed by atoms with E-state index in [2.05, 4.69) is 44.5 Å². The summed E-state index contributed by atoms with van der Waals surface area (Å²) in [5.74, 6) is 0.768. The third-order valence-corrected chi connectivity index (χ3v) is 7.68. The molecule has 0 aliphatic heterocycles. The minimum absolute atomic E-state index is 0.121. The summed E-state index contributed by atoms with van der Waals surface area (Å²) in [7, 11) is 0. The summed E-state index contributed by atoms with van der Waals surface area (Å²) in [5.41, 5.74) is 23.5. The molecule has 1 aliphatic rings. The van der Waals surface area contributed by atoms with Crippen LogP contribution in [0.2, 0.25) is 0 Å². The molecule has 0 amide bonds. The number of nitrogens with two attached hydrogens (primary N) is 3. The number of nitrogens with zero attached hydrogens (tertiary/aromatic N) is 3. The minimum atomic E-state index is -0.308. The molecule has 9 heteroatoms. The number of guanidine groups is 1. The first-order valence-corrected chi connectivity index (χ1v) is 14.3. The topological polar surface area (TPSA) is 153 Å². The molecule has 0 bridgehead atoms. The Morgan fingerprint density at radius 3 is 2.60 bits per heavy atom. The Morgan fingerprint density at radius 2 is 1.88 bits per heavy atom. The number of fused-ring (bicyclic) bond motifs is 1. The second-order valence-electron chi connectivity index (χ2n) is 10.7. The zero-order valence-corrected chi connectivity index (χ0v) is 23.0. The van der Waals surface area contributed by atoms with Gasteiger partial charge in [0.25, 0.3) is 0 Å². The van der Waals surface area contributed by atoms with Crippen LogP contribution >= 0.6 is 0 Å². The van der Waals surface area contributed by atoms with Crippen LogP contribution in [0.15, 0.2) is 64.5 Å². The molecule has 2 aromatic heterocycles. The lowest BCUT2D eigenvalue weighted by Crippen LogP contribution is -2.23. The standard InChI is InChI=1S/C31H40N8O/c32-12-2-1-5-22-15-24(23-6-3-7-23)17-25(16-22)28-18-26-20-39(31(40)38-29(26)37-28)27-10-8-21(9-11-27)19-35-13-4-14-36-30(33)34/h8-11,15-18,20,23,35H,1-7,12-14,19,32H2,(H4,33,34,36)(H,37,38,40). The summed E-state index contributed by atoms with van der Waals surface area (Å²) in [6, 6.07) is 17.0. The average Bonchev–Trinajstić information content (AvgIpc) is 3.32. The van der Waals surface area contributed by atoms with Crippen molar-refractivity contribution in [2.24, 2.45) is 22.2 Å². The predicted octanol–water partition coefficient (Wildman–Crippen LogP) is 3.68. The quantitative estimate of drug-likeness (QED) is 0.0990. The molecule has 1 fully saturated rings. The highest BCUT2D eigenvalue weighted by Crippen LogP contribution is 2.38. The Kier molecular flexibility index (Phi) is 8.93. The van der Waals surface area contributed by atoms with Crippen LogP contribution in [0.5, 0.6) is 0 Å². The molecule has 40 heavy (non-hydrogen) atoms. The number of hydrogen-bond acceptors (Lipinski definition) is 5. The SMILES string of the molecule is NCCCCc1cc(-c2cc3cn(-c4ccc(CNCCCN=C(N)N)cc4)c(=O)nc3[nH]2)cc(C2CCC2)c1. The zero-order chi connectivity index (χ0) is 27.9. The van der Waals surface area contributed by atoms with Crippen molar-refractivity contribution in [2.45, 2.75) is 57.4 Å². The summed E-state index contributed by atoms with van der Waals surface area (Å²) in [6.07, 6.45) is 9.70. The Hall–Kier alpha value is -3.95. The zero-order valence-electron chi connectivity index (χ0n) is 23.0. The maximum Gasteiger partial charge on any atom is 0.354 e. The van der Waals surface area contributed by atoms with Crippen molar-refractivity contribution in [3.8, 4) is 16.9 Å². The molecule has 2 heterocycles. The fourth-order valence-corrected chi connectivity index (χ4v) is 5.22. The van der Waals surface area contributed by atoms with Crippen LogP contribution in [-0.4, -0.2) is 40.1 Å². The molecule has 0 saturated heterocycles. The van der Waals surface area contributed by atoms with E-state index in [1.54, 1.807) is 4.57 Å². The number of rotatable bonds is 13. The molecule has 4 aromatic rings. The molecule has 8 N–H and O–H groups in total. The average molecular weight is 541 g/mol. The molecule has 1 aliphatic carbocycles. The third-order valence-electron chi connectivity index (χ3n) is 7.68. The molecular formula is C31H40N8O. The lowest BCUT2D eigenvalue weighted by molar-refractivity contribution is 0.419. The van der Waals surface area contributed by atoms with Gasteiger partial charge in [0.05, 0.1) is 5.69 Å². The summed E-state index contributed by atoms with van der Waals surface area (Å²) >= 11 is 0. The van der Waals surface area contributed by atoms with Gasteiger partial charge in [0.1, 0.15) is 5.65 Å². The minimum Gasteiger partial charge on any atom is -0.370 e. The number of nitrogens with one attached hydrogen (secondary N) is 2. The van der Waals surface area contributed by atoms with Crippen LogP contribution in [0.25, 0.3) is 28.0 Å². The van der Waals surface area contributed by atoms with Crippen molar-refractivity contribution in [3.05, 3.63) is 81.9 Å². The highest BCUT2D eigenvalue weighted by Gasteiger charge is 2.21. The Labute approximate surface area is 234 Å². The Balaban J connectivity index is 1.33. The van der Waals surface area contributed by atoms with E-state index < -0.39 is 0 Å². The smallest absolute Gasteiger partial charge is 0.354 e. The molecule has 2 aromatic carbocycles. The largest absolute Gasteiger partial charge is 0.370 e. The van der Waals surface area contributed by atoms with Crippen LogP contribution in [-0.2, 0) is 13.0 Å². The number of unbranched alkanes of at least 4 members (excludes halogenated alkanes) is 1. The Bertz CT molecular complexity index is 1510. The van der Waals surface area contributed by atoms with Crippen molar-refractivity contribution >= 4 is 17.0 Å². The predicted molar refractivity (Wildman–Crippen MR) is 163 cm³/mol. The van der Waals surface area contributed by atoms with Crippen LogP contribution < -0.4 is 28.2 Å². The maximum atomic E-state index is 13.0. The number of aryl methyl sites for hydroxylation is 1. The highest BCUT2D eigenvalue weighted by molar-refractivity contribution is 5.83. The summed E-state index contributed by atoms with van der Waals surface area (Å²) in [5, 5.41) is 4.29. The van der Waals surface area contributed by atoms with E-state index in [9.17, 15) is 4.79 Å². The first kappa shape index (κ1) is 27.6. The van der Waals surface area contributed by atoms with Crippen LogP contribution in [0.3, 0.4) is 0 Å². The molecular weight excluding hydrogens is 500 g/mol. The first-order valence-electron chi connectivity index (χ1n) is 14.3. The van der Waals surface area contributed by atoms with Gasteiger partial charge in [-0.15, -0.1) is 0 Å². The van der Waals surface area contributed by atoms with Crippen molar-refractivity contribution in [1.82, 2.24) is 19.9 Å². The molecule has 1 saturated carbocycles. The molecule has 0 unspecified atom stereocenters. The first-order chi connectivity index (χ1) is 19.5. The number of hydrogen-bond donors (Lipinski definition) is 5. The van der Waals surface area contributed by atoms with Crippen LogP contribution in [0.1, 0.15) is 61.1 Å². The van der Waals surface area contributed by atoms with E-state index in [0.717, 1.165) is 73.2 Å². The number of H-pyrrole nitrogens is 1. The van der Waals surface area contributed by atoms with Gasteiger partial charge in [-0.05, 0) is 110 Å². The second kappa shape index (κ2) is 12.9. The monoisotopic (exact) mass is 540 g/mol. The van der Waals surface area contributed by atoms with E-state index in [1.807, 2.05) is 30.5 Å². The van der Waals surface area contributed by atoms with Crippen molar-refractivity contribution < 1.29 is 0 Å². The lowest BCUT2D eigenvalue weighted by atomic mass is 9.78. The van der Waals surface area contributed by atoms with E-state index >= 15 is 0 Å². The van der Waals surface area contributed by atoms with Gasteiger partial charge < -0.3 is 27.5 Å². The molecule has 9 nitrogen and oxygen atoms in total. The molecule has 0 atom stereocenters. The number of aromatic amines is 1. The van der Waals surface area contributed by atoms with Crippen LogP contribution in [0, 0.1) is 0 Å². The summed E-state index contributed by atoms with van der Waals surface area (Å²) in [4.78, 5) is 24.7. The molecule has 0 radical (unpaired) electrons. The number of aliphatic imine (C=N–C) groups is 1. The van der Waals surface area contributed by atoms with E-state index in [-0.39, 0.29) is 11.6 Å². The van der Waals surface area contributed by atoms with Gasteiger partial charge in [0, 0.05) is 30.4 Å². The normalized spacial score (nSPS) is 13.4. The second-order valence-corrected chi connectivity index (χ2v) is 10.7. The van der Waals surface area contributed by atoms with E-state index in [0.29, 0.717) is 18.1 Å². The summed E-state index contributed by atoms with van der Waals surface area (Å²) in [6.45, 7) is 2.87. The fraction of sp³-hybridized carbons (Fsp3) is 0.387. The Morgan fingerprint density at radius 1 is 1.05 bits per heavy atom. The van der Waals surface area contributed by atoms with Gasteiger partial charge in [-0.1, -0.05) is 24.6 Å². The summed E-state index contributed by atoms with van der Waals surface area (Å²) < 4.78 is 1.61. The molecule has 210 valence electrons. The third kappa shape index (κ3) is 6.78. The van der Waals surface area contributed by atoms with Crippen molar-refractivity contribution in [2.75, 3.05) is 19.6 Å². The number of benzene rings is 2. The van der Waals surface area contributed by atoms with Crippen molar-refractivity contribution in [3.63, 3.8) is 0 Å². The lowest BCUT2D eigenvalue weighted by Gasteiger charge is -2.27.